The average molecular weight is 328 g/mol. The molecule has 0 amide bonds. The smallest absolute Gasteiger partial charge is 0.376 e. The standard InChI is InChI=1S/C18H20N2O4/c1-3-23-18(22)17-16(19)14(11-5-4-6-20-9-11)15-12(21)7-10(2)8-13(15)24-17/h4-6,9-10,14H,3,7-8,19H2,1-2H3. The van der Waals surface area contributed by atoms with Crippen molar-refractivity contribution in [1.29, 1.82) is 0 Å². The van der Waals surface area contributed by atoms with Crippen LogP contribution in [0, 0.1) is 5.92 Å². The summed E-state index contributed by atoms with van der Waals surface area (Å²) in [5.74, 6) is -0.476. The third-order valence-corrected chi connectivity index (χ3v) is 4.23. The second-order valence-corrected chi connectivity index (χ2v) is 6.10. The van der Waals surface area contributed by atoms with Gasteiger partial charge in [-0.2, -0.15) is 0 Å². The molecule has 0 bridgehead atoms. The molecule has 1 aromatic heterocycles. The van der Waals surface area contributed by atoms with Crippen molar-refractivity contribution in [2.24, 2.45) is 11.7 Å². The predicted molar refractivity (Wildman–Crippen MR) is 86.3 cm³/mol. The van der Waals surface area contributed by atoms with Gasteiger partial charge in [-0.05, 0) is 24.5 Å². The van der Waals surface area contributed by atoms with Crippen molar-refractivity contribution in [1.82, 2.24) is 4.98 Å². The van der Waals surface area contributed by atoms with Gasteiger partial charge in [-0.25, -0.2) is 4.79 Å². The molecule has 24 heavy (non-hydrogen) atoms. The van der Waals surface area contributed by atoms with Gasteiger partial charge in [0.05, 0.1) is 18.2 Å². The maximum absolute atomic E-state index is 12.6. The summed E-state index contributed by atoms with van der Waals surface area (Å²) in [6, 6.07) is 3.62. The van der Waals surface area contributed by atoms with E-state index in [1.54, 1.807) is 25.4 Å². The fraction of sp³-hybridized carbons (Fsp3) is 0.389. The molecular formula is C18H20N2O4. The lowest BCUT2D eigenvalue weighted by Crippen LogP contribution is -2.33. The number of ketones is 1. The number of carbonyl (C=O) groups is 2. The van der Waals surface area contributed by atoms with E-state index < -0.39 is 11.9 Å². The van der Waals surface area contributed by atoms with Crippen molar-refractivity contribution in [3.05, 3.63) is 52.9 Å². The summed E-state index contributed by atoms with van der Waals surface area (Å²) < 4.78 is 10.8. The van der Waals surface area contributed by atoms with Gasteiger partial charge < -0.3 is 15.2 Å². The molecule has 1 aromatic rings. The van der Waals surface area contributed by atoms with Crippen LogP contribution in [0.25, 0.3) is 0 Å². The molecule has 0 saturated heterocycles. The zero-order valence-corrected chi connectivity index (χ0v) is 13.7. The first-order valence-electron chi connectivity index (χ1n) is 8.03. The van der Waals surface area contributed by atoms with Gasteiger partial charge >= 0.3 is 5.97 Å². The van der Waals surface area contributed by atoms with Gasteiger partial charge in [0.25, 0.3) is 0 Å². The number of esters is 1. The van der Waals surface area contributed by atoms with E-state index in [9.17, 15) is 9.59 Å². The van der Waals surface area contributed by atoms with Gasteiger partial charge in [-0.1, -0.05) is 13.0 Å². The van der Waals surface area contributed by atoms with Crippen molar-refractivity contribution in [2.75, 3.05) is 6.61 Å². The second-order valence-electron chi connectivity index (χ2n) is 6.10. The number of pyridine rings is 1. The lowest BCUT2D eigenvalue weighted by atomic mass is 9.77. The zero-order chi connectivity index (χ0) is 17.3. The molecule has 126 valence electrons. The third kappa shape index (κ3) is 2.79. The Morgan fingerprint density at radius 1 is 1.46 bits per heavy atom. The number of carbonyl (C=O) groups excluding carboxylic acids is 2. The van der Waals surface area contributed by atoms with Crippen LogP contribution in [0.2, 0.25) is 0 Å². The summed E-state index contributed by atoms with van der Waals surface area (Å²) in [6.45, 7) is 3.92. The Bertz CT molecular complexity index is 737. The number of rotatable bonds is 3. The first kappa shape index (κ1) is 16.2. The lowest BCUT2D eigenvalue weighted by molar-refractivity contribution is -0.142. The van der Waals surface area contributed by atoms with E-state index in [2.05, 4.69) is 4.98 Å². The molecule has 2 heterocycles. The van der Waals surface area contributed by atoms with Crippen molar-refractivity contribution in [2.45, 2.75) is 32.6 Å². The van der Waals surface area contributed by atoms with Crippen LogP contribution in [0.3, 0.4) is 0 Å². The minimum absolute atomic E-state index is 0.00321. The molecule has 0 saturated carbocycles. The number of hydrogen-bond donors (Lipinski definition) is 1. The summed E-state index contributed by atoms with van der Waals surface area (Å²) >= 11 is 0. The normalized spacial score (nSPS) is 23.7. The minimum atomic E-state index is -0.610. The Morgan fingerprint density at radius 3 is 2.92 bits per heavy atom. The van der Waals surface area contributed by atoms with Crippen LogP contribution >= 0.6 is 0 Å². The number of Topliss-reactive ketones (excluding diaryl/α,β-unsaturated/α-hetero) is 1. The molecule has 0 radical (unpaired) electrons. The van der Waals surface area contributed by atoms with Crippen LogP contribution < -0.4 is 5.73 Å². The van der Waals surface area contributed by atoms with E-state index >= 15 is 0 Å². The predicted octanol–water partition coefficient (Wildman–Crippen LogP) is 2.18. The molecular weight excluding hydrogens is 308 g/mol. The van der Waals surface area contributed by atoms with Crippen LogP contribution in [0.15, 0.2) is 47.3 Å². The van der Waals surface area contributed by atoms with Crippen LogP contribution in [-0.2, 0) is 19.1 Å². The highest BCUT2D eigenvalue weighted by atomic mass is 16.6. The fourth-order valence-electron chi connectivity index (χ4n) is 3.22. The van der Waals surface area contributed by atoms with Gasteiger partial charge in [0.2, 0.25) is 5.76 Å². The molecule has 2 atom stereocenters. The topological polar surface area (TPSA) is 91.5 Å². The first-order valence-corrected chi connectivity index (χ1v) is 8.03. The van der Waals surface area contributed by atoms with E-state index in [4.69, 9.17) is 15.2 Å². The molecule has 1 aliphatic heterocycles. The molecule has 1 aliphatic carbocycles. The number of nitrogens with zero attached hydrogens (tertiary/aromatic N) is 1. The molecule has 2 N–H and O–H groups in total. The maximum Gasteiger partial charge on any atom is 0.376 e. The Morgan fingerprint density at radius 2 is 2.25 bits per heavy atom. The maximum atomic E-state index is 12.6. The molecule has 6 heteroatoms. The number of ether oxygens (including phenoxy) is 2. The first-order chi connectivity index (χ1) is 11.5. The Balaban J connectivity index is 2.12. The van der Waals surface area contributed by atoms with Gasteiger partial charge in [0.15, 0.2) is 5.78 Å². The highest BCUT2D eigenvalue weighted by molar-refractivity contribution is 6.00. The van der Waals surface area contributed by atoms with E-state index in [0.717, 1.165) is 5.56 Å². The Kier molecular flexibility index (Phi) is 4.38. The molecule has 0 aromatic carbocycles. The van der Waals surface area contributed by atoms with E-state index in [-0.39, 0.29) is 29.8 Å². The zero-order valence-electron chi connectivity index (χ0n) is 13.7. The summed E-state index contributed by atoms with van der Waals surface area (Å²) in [5.41, 5.74) is 7.72. The number of allylic oxidation sites excluding steroid dienone is 2. The highest BCUT2D eigenvalue weighted by Crippen LogP contribution is 2.43. The largest absolute Gasteiger partial charge is 0.460 e. The molecule has 0 fully saturated rings. The number of aromatic nitrogens is 1. The van der Waals surface area contributed by atoms with Crippen LogP contribution in [-0.4, -0.2) is 23.3 Å². The van der Waals surface area contributed by atoms with Gasteiger partial charge in [0.1, 0.15) is 5.76 Å². The molecule has 0 spiro atoms. The molecule has 3 rings (SSSR count). The van der Waals surface area contributed by atoms with Gasteiger partial charge in [0, 0.05) is 30.8 Å². The summed E-state index contributed by atoms with van der Waals surface area (Å²) in [7, 11) is 0. The van der Waals surface area contributed by atoms with Crippen molar-refractivity contribution >= 4 is 11.8 Å². The monoisotopic (exact) mass is 328 g/mol. The van der Waals surface area contributed by atoms with Gasteiger partial charge in [-0.3, -0.25) is 9.78 Å². The lowest BCUT2D eigenvalue weighted by Gasteiger charge is -2.33. The minimum Gasteiger partial charge on any atom is -0.460 e. The quantitative estimate of drug-likeness (QED) is 0.855. The van der Waals surface area contributed by atoms with Crippen molar-refractivity contribution < 1.29 is 19.1 Å². The number of hydrogen-bond acceptors (Lipinski definition) is 6. The molecule has 2 unspecified atom stereocenters. The second kappa shape index (κ2) is 6.47. The fourth-order valence-corrected chi connectivity index (χ4v) is 3.22. The summed E-state index contributed by atoms with van der Waals surface area (Å²) in [6.07, 6.45) is 4.34. The van der Waals surface area contributed by atoms with E-state index in [1.165, 1.54) is 0 Å². The third-order valence-electron chi connectivity index (χ3n) is 4.23. The van der Waals surface area contributed by atoms with Crippen LogP contribution in [0.5, 0.6) is 0 Å². The summed E-state index contributed by atoms with van der Waals surface area (Å²) in [4.78, 5) is 28.9. The van der Waals surface area contributed by atoms with Crippen LogP contribution in [0.1, 0.15) is 38.2 Å². The number of nitrogens with two attached hydrogens (primary N) is 1. The van der Waals surface area contributed by atoms with E-state index in [0.29, 0.717) is 24.2 Å². The Labute approximate surface area is 140 Å². The van der Waals surface area contributed by atoms with E-state index in [1.807, 2.05) is 13.0 Å². The average Bonchev–Trinajstić information content (AvgIpc) is 2.55. The highest BCUT2D eigenvalue weighted by Gasteiger charge is 2.41. The van der Waals surface area contributed by atoms with Crippen molar-refractivity contribution in [3.8, 4) is 0 Å². The van der Waals surface area contributed by atoms with Crippen molar-refractivity contribution in [3.63, 3.8) is 0 Å². The Hall–Kier alpha value is -2.63. The summed E-state index contributed by atoms with van der Waals surface area (Å²) in [5, 5.41) is 0. The molecule has 6 nitrogen and oxygen atoms in total. The molecule has 2 aliphatic rings. The van der Waals surface area contributed by atoms with Gasteiger partial charge in [-0.15, -0.1) is 0 Å². The van der Waals surface area contributed by atoms with Crippen LogP contribution in [0.4, 0.5) is 0 Å². The SMILES string of the molecule is CCOC(=O)C1=C(N)C(c2cccnc2)C2=C(CC(C)CC2=O)O1.